The van der Waals surface area contributed by atoms with E-state index in [4.69, 9.17) is 10.5 Å². The minimum atomic E-state index is -0.263. The third kappa shape index (κ3) is 5.21. The van der Waals surface area contributed by atoms with Crippen molar-refractivity contribution in [1.82, 2.24) is 9.80 Å². The number of hydrogen-bond acceptors (Lipinski definition) is 4. The molecule has 6 nitrogen and oxygen atoms in total. The SMILES string of the molecule is N[C@@H]1CCCN(C(=O)CC2CCN(C(=O)OCc3ccccc3)CC2)C1. The van der Waals surface area contributed by atoms with Gasteiger partial charge in [0, 0.05) is 38.6 Å². The van der Waals surface area contributed by atoms with E-state index in [1.54, 1.807) is 4.90 Å². The second-order valence-electron chi connectivity index (χ2n) is 7.42. The fourth-order valence-corrected chi connectivity index (χ4v) is 3.74. The molecule has 0 aromatic heterocycles. The van der Waals surface area contributed by atoms with Gasteiger partial charge in [-0.1, -0.05) is 30.3 Å². The minimum Gasteiger partial charge on any atom is -0.445 e. The van der Waals surface area contributed by atoms with Crippen molar-refractivity contribution in [3.63, 3.8) is 0 Å². The molecule has 142 valence electrons. The van der Waals surface area contributed by atoms with Gasteiger partial charge < -0.3 is 20.3 Å². The lowest BCUT2D eigenvalue weighted by Gasteiger charge is -2.34. The largest absolute Gasteiger partial charge is 0.445 e. The Morgan fingerprint density at radius 3 is 2.46 bits per heavy atom. The number of nitrogens with zero attached hydrogens (tertiary/aromatic N) is 2. The first-order chi connectivity index (χ1) is 12.6. The van der Waals surface area contributed by atoms with Crippen LogP contribution in [0.4, 0.5) is 4.79 Å². The molecular weight excluding hydrogens is 330 g/mol. The zero-order chi connectivity index (χ0) is 18.4. The molecule has 0 aliphatic carbocycles. The summed E-state index contributed by atoms with van der Waals surface area (Å²) < 4.78 is 5.39. The molecular formula is C20H29N3O3. The van der Waals surface area contributed by atoms with E-state index in [-0.39, 0.29) is 18.0 Å². The Labute approximate surface area is 155 Å². The molecule has 2 amide bonds. The summed E-state index contributed by atoms with van der Waals surface area (Å²) in [5.74, 6) is 0.559. The van der Waals surface area contributed by atoms with Gasteiger partial charge in [0.15, 0.2) is 0 Å². The number of nitrogens with two attached hydrogens (primary N) is 1. The molecule has 0 saturated carbocycles. The first kappa shape index (κ1) is 18.7. The van der Waals surface area contributed by atoms with Crippen LogP contribution in [0.5, 0.6) is 0 Å². The van der Waals surface area contributed by atoms with Crippen molar-refractivity contribution < 1.29 is 14.3 Å². The molecule has 2 saturated heterocycles. The van der Waals surface area contributed by atoms with E-state index in [0.29, 0.717) is 38.6 Å². The molecule has 2 N–H and O–H groups in total. The summed E-state index contributed by atoms with van der Waals surface area (Å²) in [7, 11) is 0. The molecule has 2 fully saturated rings. The van der Waals surface area contributed by atoms with E-state index in [9.17, 15) is 9.59 Å². The van der Waals surface area contributed by atoms with Crippen LogP contribution in [0.25, 0.3) is 0 Å². The molecule has 6 heteroatoms. The maximum absolute atomic E-state index is 12.5. The molecule has 1 aromatic carbocycles. The molecule has 1 aromatic rings. The molecule has 1 atom stereocenters. The Balaban J connectivity index is 1.38. The van der Waals surface area contributed by atoms with Gasteiger partial charge in [-0.05, 0) is 37.2 Å². The average molecular weight is 359 g/mol. The van der Waals surface area contributed by atoms with Gasteiger partial charge in [-0.3, -0.25) is 4.79 Å². The third-order valence-electron chi connectivity index (χ3n) is 5.35. The third-order valence-corrected chi connectivity index (χ3v) is 5.35. The van der Waals surface area contributed by atoms with E-state index in [1.807, 2.05) is 35.2 Å². The zero-order valence-electron chi connectivity index (χ0n) is 15.3. The number of rotatable bonds is 4. The Morgan fingerprint density at radius 1 is 1.04 bits per heavy atom. The molecule has 2 heterocycles. The predicted octanol–water partition coefficient (Wildman–Crippen LogP) is 2.38. The molecule has 3 rings (SSSR count). The molecule has 0 spiro atoms. The van der Waals surface area contributed by atoms with Crippen molar-refractivity contribution in [2.24, 2.45) is 11.7 Å². The van der Waals surface area contributed by atoms with E-state index in [2.05, 4.69) is 0 Å². The summed E-state index contributed by atoms with van der Waals surface area (Å²) in [5.41, 5.74) is 6.95. The van der Waals surface area contributed by atoms with Gasteiger partial charge in [0.25, 0.3) is 0 Å². The molecule has 26 heavy (non-hydrogen) atoms. The topological polar surface area (TPSA) is 75.9 Å². The first-order valence-corrected chi connectivity index (χ1v) is 9.61. The second-order valence-corrected chi connectivity index (χ2v) is 7.42. The van der Waals surface area contributed by atoms with Gasteiger partial charge in [-0.2, -0.15) is 0 Å². The van der Waals surface area contributed by atoms with Crippen LogP contribution >= 0.6 is 0 Å². The molecule has 0 bridgehead atoms. The lowest BCUT2D eigenvalue weighted by molar-refractivity contribution is -0.133. The highest BCUT2D eigenvalue weighted by atomic mass is 16.6. The summed E-state index contributed by atoms with van der Waals surface area (Å²) in [6.45, 7) is 3.13. The maximum Gasteiger partial charge on any atom is 0.410 e. The van der Waals surface area contributed by atoms with Crippen molar-refractivity contribution in [2.75, 3.05) is 26.2 Å². The van der Waals surface area contributed by atoms with E-state index in [0.717, 1.165) is 37.8 Å². The fraction of sp³-hybridized carbons (Fsp3) is 0.600. The summed E-state index contributed by atoms with van der Waals surface area (Å²) in [4.78, 5) is 28.3. The summed E-state index contributed by atoms with van der Waals surface area (Å²) in [6.07, 6.45) is 4.02. The first-order valence-electron chi connectivity index (χ1n) is 9.61. The summed E-state index contributed by atoms with van der Waals surface area (Å²) in [5, 5.41) is 0. The van der Waals surface area contributed by atoms with Crippen LogP contribution < -0.4 is 5.73 Å². The fourth-order valence-electron chi connectivity index (χ4n) is 3.74. The Bertz CT molecular complexity index is 600. The van der Waals surface area contributed by atoms with E-state index >= 15 is 0 Å². The van der Waals surface area contributed by atoms with Crippen molar-refractivity contribution in [2.45, 2.75) is 44.8 Å². The van der Waals surface area contributed by atoms with Gasteiger partial charge in [0.2, 0.25) is 5.91 Å². The van der Waals surface area contributed by atoms with Gasteiger partial charge >= 0.3 is 6.09 Å². The number of likely N-dealkylation sites (tertiary alicyclic amines) is 2. The normalized spacial score (nSPS) is 21.5. The van der Waals surface area contributed by atoms with Crippen LogP contribution in [0.2, 0.25) is 0 Å². The Hall–Kier alpha value is -2.08. The highest BCUT2D eigenvalue weighted by molar-refractivity contribution is 5.76. The van der Waals surface area contributed by atoms with Crippen LogP contribution in [0.15, 0.2) is 30.3 Å². The van der Waals surface area contributed by atoms with Crippen LogP contribution in [-0.4, -0.2) is 54.0 Å². The molecule has 0 unspecified atom stereocenters. The number of carbonyl (C=O) groups excluding carboxylic acids is 2. The van der Waals surface area contributed by atoms with Crippen LogP contribution in [0.3, 0.4) is 0 Å². The van der Waals surface area contributed by atoms with Gasteiger partial charge in [0.05, 0.1) is 0 Å². The quantitative estimate of drug-likeness (QED) is 0.895. The smallest absolute Gasteiger partial charge is 0.410 e. The minimum absolute atomic E-state index is 0.119. The van der Waals surface area contributed by atoms with Crippen molar-refractivity contribution in [3.8, 4) is 0 Å². The Morgan fingerprint density at radius 2 is 1.77 bits per heavy atom. The zero-order valence-corrected chi connectivity index (χ0v) is 15.3. The second kappa shape index (κ2) is 9.03. The number of hydrogen-bond donors (Lipinski definition) is 1. The van der Waals surface area contributed by atoms with Gasteiger partial charge in [0.1, 0.15) is 6.61 Å². The van der Waals surface area contributed by atoms with Crippen LogP contribution in [0.1, 0.15) is 37.7 Å². The van der Waals surface area contributed by atoms with Crippen molar-refractivity contribution >= 4 is 12.0 Å². The highest BCUT2D eigenvalue weighted by Crippen LogP contribution is 2.23. The van der Waals surface area contributed by atoms with Crippen molar-refractivity contribution in [3.05, 3.63) is 35.9 Å². The van der Waals surface area contributed by atoms with E-state index < -0.39 is 0 Å². The number of piperidine rings is 2. The van der Waals surface area contributed by atoms with E-state index in [1.165, 1.54) is 0 Å². The lowest BCUT2D eigenvalue weighted by Crippen LogP contribution is -2.46. The lowest BCUT2D eigenvalue weighted by atomic mass is 9.92. The number of carbonyl (C=O) groups is 2. The predicted molar refractivity (Wildman–Crippen MR) is 99.3 cm³/mol. The maximum atomic E-state index is 12.5. The highest BCUT2D eigenvalue weighted by Gasteiger charge is 2.28. The monoisotopic (exact) mass is 359 g/mol. The molecule has 2 aliphatic rings. The Kier molecular flexibility index (Phi) is 6.50. The standard InChI is InChI=1S/C20H29N3O3/c21-18-7-4-10-23(14-18)19(24)13-16-8-11-22(12-9-16)20(25)26-15-17-5-2-1-3-6-17/h1-3,5-6,16,18H,4,7-15,21H2/t18-/m1/s1. The van der Waals surface area contributed by atoms with Crippen LogP contribution in [0, 0.1) is 5.92 Å². The number of benzene rings is 1. The summed E-state index contributed by atoms with van der Waals surface area (Å²) in [6, 6.07) is 9.81. The molecule has 0 radical (unpaired) electrons. The van der Waals surface area contributed by atoms with Crippen LogP contribution in [-0.2, 0) is 16.1 Å². The molecule has 2 aliphatic heterocycles. The average Bonchev–Trinajstić information content (AvgIpc) is 2.67. The van der Waals surface area contributed by atoms with Gasteiger partial charge in [-0.25, -0.2) is 4.79 Å². The number of ether oxygens (including phenoxy) is 1. The summed E-state index contributed by atoms with van der Waals surface area (Å²) >= 11 is 0. The van der Waals surface area contributed by atoms with Crippen molar-refractivity contribution in [1.29, 1.82) is 0 Å². The number of amides is 2. The van der Waals surface area contributed by atoms with Gasteiger partial charge in [-0.15, -0.1) is 0 Å².